The molecule has 0 aliphatic carbocycles. The second-order valence-electron chi connectivity index (χ2n) is 5.68. The Balaban J connectivity index is 1.83. The quantitative estimate of drug-likeness (QED) is 0.804. The Labute approximate surface area is 125 Å². The van der Waals surface area contributed by atoms with Gasteiger partial charge in [0.25, 0.3) is 0 Å². The zero-order valence-electron chi connectivity index (χ0n) is 12.1. The van der Waals surface area contributed by atoms with Gasteiger partial charge < -0.3 is 0 Å². The van der Waals surface area contributed by atoms with Crippen LogP contribution in [0.1, 0.15) is 25.5 Å². The summed E-state index contributed by atoms with van der Waals surface area (Å²) in [6, 6.07) is 8.54. The molecule has 2 aromatic rings. The first kappa shape index (κ1) is 13.9. The Morgan fingerprint density at radius 1 is 1.35 bits per heavy atom. The van der Waals surface area contributed by atoms with Gasteiger partial charge in [0.2, 0.25) is 0 Å². The van der Waals surface area contributed by atoms with Gasteiger partial charge in [-0.1, -0.05) is 18.2 Å². The second-order valence-corrected chi connectivity index (χ2v) is 5.99. The van der Waals surface area contributed by atoms with Crippen LogP contribution in [0.15, 0.2) is 24.3 Å². The molecule has 1 saturated heterocycles. The van der Waals surface area contributed by atoms with Crippen molar-refractivity contribution in [2.45, 2.75) is 32.9 Å². The zero-order chi connectivity index (χ0) is 13.9. The number of nitrogens with zero attached hydrogens (tertiary/aromatic N) is 3. The van der Waals surface area contributed by atoms with Crippen LogP contribution in [0, 0.1) is 5.92 Å². The molecule has 0 saturated carbocycles. The van der Waals surface area contributed by atoms with Crippen LogP contribution in [0.5, 0.6) is 0 Å². The van der Waals surface area contributed by atoms with Crippen LogP contribution >= 0.6 is 11.6 Å². The minimum Gasteiger partial charge on any atom is -0.297 e. The van der Waals surface area contributed by atoms with E-state index in [0.29, 0.717) is 5.92 Å². The van der Waals surface area contributed by atoms with Gasteiger partial charge >= 0.3 is 0 Å². The maximum atomic E-state index is 6.02. The lowest BCUT2D eigenvalue weighted by Gasteiger charge is -2.31. The average Bonchev–Trinajstić information content (AvgIpc) is 2.86. The molecule has 0 spiro atoms. The molecule has 1 aliphatic rings. The van der Waals surface area contributed by atoms with Gasteiger partial charge in [-0.3, -0.25) is 9.58 Å². The van der Waals surface area contributed by atoms with Crippen molar-refractivity contribution in [2.75, 3.05) is 19.0 Å². The summed E-state index contributed by atoms with van der Waals surface area (Å²) in [6.07, 6.45) is 2.52. The maximum absolute atomic E-state index is 6.02. The van der Waals surface area contributed by atoms with Crippen LogP contribution in [0.2, 0.25) is 0 Å². The fourth-order valence-electron chi connectivity index (χ4n) is 3.19. The van der Waals surface area contributed by atoms with Gasteiger partial charge in [-0.15, -0.1) is 11.6 Å². The summed E-state index contributed by atoms with van der Waals surface area (Å²) in [6.45, 7) is 6.29. The third-order valence-electron chi connectivity index (χ3n) is 4.23. The molecule has 1 fully saturated rings. The summed E-state index contributed by atoms with van der Waals surface area (Å²) in [5, 5.41) is 6.09. The molecular formula is C16H22ClN3. The number of fused-ring (bicyclic) bond motifs is 1. The van der Waals surface area contributed by atoms with Crippen molar-refractivity contribution in [1.29, 1.82) is 0 Å². The van der Waals surface area contributed by atoms with Crippen molar-refractivity contribution in [1.82, 2.24) is 14.7 Å². The molecule has 1 atom stereocenters. The smallest absolute Gasteiger partial charge is 0.0843 e. The third kappa shape index (κ3) is 2.70. The highest BCUT2D eigenvalue weighted by atomic mass is 35.5. The van der Waals surface area contributed by atoms with E-state index in [9.17, 15) is 0 Å². The van der Waals surface area contributed by atoms with Crippen LogP contribution in [0.3, 0.4) is 0 Å². The highest BCUT2D eigenvalue weighted by Gasteiger charge is 2.21. The minimum absolute atomic E-state index is 0.643. The number of aromatic nitrogens is 2. The molecule has 0 amide bonds. The van der Waals surface area contributed by atoms with Crippen molar-refractivity contribution >= 4 is 22.5 Å². The Bertz CT molecular complexity index is 578. The number of hydrogen-bond donors (Lipinski definition) is 0. The molecule has 108 valence electrons. The summed E-state index contributed by atoms with van der Waals surface area (Å²) >= 11 is 6.02. The number of alkyl halides is 1. The molecule has 0 radical (unpaired) electrons. The van der Waals surface area contributed by atoms with Gasteiger partial charge in [0.05, 0.1) is 11.2 Å². The molecule has 1 aliphatic heterocycles. The van der Waals surface area contributed by atoms with Crippen LogP contribution in [-0.2, 0) is 13.1 Å². The van der Waals surface area contributed by atoms with E-state index >= 15 is 0 Å². The average molecular weight is 292 g/mol. The summed E-state index contributed by atoms with van der Waals surface area (Å²) in [5.74, 6) is 1.42. The topological polar surface area (TPSA) is 21.1 Å². The van der Waals surface area contributed by atoms with Crippen molar-refractivity contribution < 1.29 is 0 Å². The second kappa shape index (κ2) is 6.15. The predicted molar refractivity (Wildman–Crippen MR) is 84.1 cm³/mol. The van der Waals surface area contributed by atoms with E-state index in [1.54, 1.807) is 0 Å². The lowest BCUT2D eigenvalue weighted by atomic mass is 10.00. The Morgan fingerprint density at radius 2 is 2.20 bits per heavy atom. The first-order valence-corrected chi connectivity index (χ1v) is 8.08. The lowest BCUT2D eigenvalue weighted by Crippen LogP contribution is -2.35. The number of likely N-dealkylation sites (tertiary alicyclic amines) is 1. The van der Waals surface area contributed by atoms with Crippen LogP contribution in [-0.4, -0.2) is 33.6 Å². The number of hydrogen-bond acceptors (Lipinski definition) is 2. The standard InChI is InChI=1S/C16H22ClN3/c1-2-20-16-8-4-3-7-14(16)15(18-20)12-19-9-5-6-13(10-17)11-19/h3-4,7-8,13H,2,5-6,9-12H2,1H3. The van der Waals surface area contributed by atoms with Gasteiger partial charge in [0.15, 0.2) is 0 Å². The van der Waals surface area contributed by atoms with Gasteiger partial charge in [0, 0.05) is 30.9 Å². The molecule has 2 heterocycles. The summed E-state index contributed by atoms with van der Waals surface area (Å²) in [7, 11) is 0. The highest BCUT2D eigenvalue weighted by molar-refractivity contribution is 6.18. The SMILES string of the molecule is CCn1nc(CN2CCCC(CCl)C2)c2ccccc21. The summed E-state index contributed by atoms with van der Waals surface area (Å²) in [4.78, 5) is 2.51. The normalized spacial score (nSPS) is 20.6. The largest absolute Gasteiger partial charge is 0.297 e. The van der Waals surface area contributed by atoms with E-state index in [1.807, 2.05) is 0 Å². The Kier molecular flexibility index (Phi) is 4.27. The molecule has 3 rings (SSSR count). The molecule has 1 aromatic heterocycles. The number of piperidine rings is 1. The van der Waals surface area contributed by atoms with Gasteiger partial charge in [-0.2, -0.15) is 5.10 Å². The van der Waals surface area contributed by atoms with Crippen LogP contribution in [0.25, 0.3) is 10.9 Å². The number of para-hydroxylation sites is 1. The van der Waals surface area contributed by atoms with E-state index in [-0.39, 0.29) is 0 Å². The molecule has 0 bridgehead atoms. The number of rotatable bonds is 4. The maximum Gasteiger partial charge on any atom is 0.0843 e. The summed E-state index contributed by atoms with van der Waals surface area (Å²) in [5.41, 5.74) is 2.45. The van der Waals surface area contributed by atoms with Crippen LogP contribution < -0.4 is 0 Å². The highest BCUT2D eigenvalue weighted by Crippen LogP contribution is 2.23. The lowest BCUT2D eigenvalue weighted by molar-refractivity contribution is 0.176. The zero-order valence-corrected chi connectivity index (χ0v) is 12.8. The Morgan fingerprint density at radius 3 is 3.00 bits per heavy atom. The number of aryl methyl sites for hydroxylation is 1. The number of halogens is 1. The van der Waals surface area contributed by atoms with Crippen LogP contribution in [0.4, 0.5) is 0 Å². The third-order valence-corrected chi connectivity index (χ3v) is 4.67. The van der Waals surface area contributed by atoms with Crippen molar-refractivity contribution in [3.05, 3.63) is 30.0 Å². The molecule has 1 unspecified atom stereocenters. The van der Waals surface area contributed by atoms with E-state index in [4.69, 9.17) is 16.7 Å². The molecule has 1 aromatic carbocycles. The van der Waals surface area contributed by atoms with Crippen molar-refractivity contribution in [3.8, 4) is 0 Å². The van der Waals surface area contributed by atoms with Crippen molar-refractivity contribution in [3.63, 3.8) is 0 Å². The Hall–Kier alpha value is -1.06. The van der Waals surface area contributed by atoms with Gasteiger partial charge in [-0.25, -0.2) is 0 Å². The van der Waals surface area contributed by atoms with Crippen molar-refractivity contribution in [2.24, 2.45) is 5.92 Å². The minimum atomic E-state index is 0.643. The predicted octanol–water partition coefficient (Wildman–Crippen LogP) is 3.51. The fourth-order valence-corrected chi connectivity index (χ4v) is 3.44. The fraction of sp³-hybridized carbons (Fsp3) is 0.562. The van der Waals surface area contributed by atoms with E-state index in [0.717, 1.165) is 25.5 Å². The molecular weight excluding hydrogens is 270 g/mol. The molecule has 4 heteroatoms. The van der Waals surface area contributed by atoms with E-state index in [2.05, 4.69) is 40.8 Å². The molecule has 20 heavy (non-hydrogen) atoms. The van der Waals surface area contributed by atoms with E-state index in [1.165, 1.54) is 36.0 Å². The number of benzene rings is 1. The van der Waals surface area contributed by atoms with Gasteiger partial charge in [-0.05, 0) is 38.3 Å². The molecule has 0 N–H and O–H groups in total. The van der Waals surface area contributed by atoms with E-state index < -0.39 is 0 Å². The first-order valence-electron chi connectivity index (χ1n) is 7.54. The summed E-state index contributed by atoms with van der Waals surface area (Å²) < 4.78 is 2.10. The van der Waals surface area contributed by atoms with Gasteiger partial charge in [0.1, 0.15) is 0 Å². The molecule has 3 nitrogen and oxygen atoms in total. The first-order chi connectivity index (χ1) is 9.81. The monoisotopic (exact) mass is 291 g/mol.